The zero-order valence-electron chi connectivity index (χ0n) is 12.0. The molecular weight excluding hydrogens is 212 g/mol. The van der Waals surface area contributed by atoms with Crippen LogP contribution in [0.4, 0.5) is 0 Å². The smallest absolute Gasteiger partial charge is 0.0615 e. The number of ether oxygens (including phenoxy) is 1. The van der Waals surface area contributed by atoms with E-state index in [9.17, 15) is 0 Å². The average Bonchev–Trinajstić information content (AvgIpc) is 2.74. The van der Waals surface area contributed by atoms with Gasteiger partial charge in [0.25, 0.3) is 0 Å². The third kappa shape index (κ3) is 4.94. The van der Waals surface area contributed by atoms with Gasteiger partial charge in [-0.1, -0.05) is 13.3 Å². The van der Waals surface area contributed by atoms with E-state index in [0.717, 1.165) is 25.1 Å². The molecule has 3 unspecified atom stereocenters. The summed E-state index contributed by atoms with van der Waals surface area (Å²) in [6, 6.07) is 1.30. The summed E-state index contributed by atoms with van der Waals surface area (Å²) in [5.41, 5.74) is 0. The lowest BCUT2D eigenvalue weighted by Crippen LogP contribution is -2.37. The number of likely N-dealkylation sites (N-methyl/N-ethyl adjacent to an activating group) is 1. The number of hydrogen-bond acceptors (Lipinski definition) is 3. The lowest BCUT2D eigenvalue weighted by atomic mass is 9.99. The molecule has 0 spiro atoms. The van der Waals surface area contributed by atoms with Gasteiger partial charge in [0.15, 0.2) is 0 Å². The maximum atomic E-state index is 5.20. The predicted molar refractivity (Wildman–Crippen MR) is 73.4 cm³/mol. The van der Waals surface area contributed by atoms with E-state index in [1.807, 2.05) is 0 Å². The summed E-state index contributed by atoms with van der Waals surface area (Å²) in [4.78, 5) is 2.42. The van der Waals surface area contributed by atoms with Crippen LogP contribution in [0.15, 0.2) is 0 Å². The number of methoxy groups -OCH3 is 1. The van der Waals surface area contributed by atoms with Crippen LogP contribution in [-0.2, 0) is 4.74 Å². The predicted octanol–water partition coefficient (Wildman–Crippen LogP) is 2.12. The second-order valence-corrected chi connectivity index (χ2v) is 5.43. The molecule has 3 heteroatoms. The summed E-state index contributed by atoms with van der Waals surface area (Å²) < 4.78 is 5.20. The number of nitrogens with zero attached hydrogens (tertiary/aromatic N) is 1. The third-order valence-electron chi connectivity index (χ3n) is 4.14. The van der Waals surface area contributed by atoms with Crippen molar-refractivity contribution in [1.82, 2.24) is 10.2 Å². The van der Waals surface area contributed by atoms with Gasteiger partial charge in [-0.25, -0.2) is 0 Å². The Morgan fingerprint density at radius 3 is 2.82 bits per heavy atom. The standard InChI is InChI=1S/C14H30N2O/c1-5-15-14-8-6-7-13(14)9-10-16(3)12(2)11-17-4/h12-15H,5-11H2,1-4H3. The van der Waals surface area contributed by atoms with E-state index in [1.54, 1.807) is 7.11 Å². The molecule has 102 valence electrons. The Morgan fingerprint density at radius 1 is 1.41 bits per heavy atom. The molecule has 1 N–H and O–H groups in total. The first-order chi connectivity index (χ1) is 8.19. The van der Waals surface area contributed by atoms with Crippen LogP contribution in [0, 0.1) is 5.92 Å². The fourth-order valence-electron chi connectivity index (χ4n) is 2.87. The maximum Gasteiger partial charge on any atom is 0.0615 e. The molecule has 0 bridgehead atoms. The molecule has 0 aliphatic heterocycles. The van der Waals surface area contributed by atoms with Gasteiger partial charge in [0.05, 0.1) is 6.61 Å². The molecule has 0 aromatic rings. The normalized spacial score (nSPS) is 26.6. The Balaban J connectivity index is 2.24. The van der Waals surface area contributed by atoms with Gasteiger partial charge in [-0.2, -0.15) is 0 Å². The minimum Gasteiger partial charge on any atom is -0.383 e. The van der Waals surface area contributed by atoms with Gasteiger partial charge in [-0.05, 0) is 52.2 Å². The second-order valence-electron chi connectivity index (χ2n) is 5.43. The Kier molecular flexibility index (Phi) is 7.09. The second kappa shape index (κ2) is 8.06. The first-order valence-electron chi connectivity index (χ1n) is 7.11. The topological polar surface area (TPSA) is 24.5 Å². The summed E-state index contributed by atoms with van der Waals surface area (Å²) in [5.74, 6) is 0.882. The fraction of sp³-hybridized carbons (Fsp3) is 1.00. The van der Waals surface area contributed by atoms with E-state index in [0.29, 0.717) is 6.04 Å². The molecule has 1 aliphatic rings. The Morgan fingerprint density at radius 2 is 2.18 bits per heavy atom. The van der Waals surface area contributed by atoms with E-state index >= 15 is 0 Å². The highest BCUT2D eigenvalue weighted by Crippen LogP contribution is 2.28. The highest BCUT2D eigenvalue weighted by molar-refractivity contribution is 4.83. The molecule has 0 aromatic heterocycles. The molecule has 1 rings (SSSR count). The van der Waals surface area contributed by atoms with Crippen LogP contribution in [0.1, 0.15) is 39.5 Å². The van der Waals surface area contributed by atoms with E-state index in [1.165, 1.54) is 32.2 Å². The minimum atomic E-state index is 0.527. The summed E-state index contributed by atoms with van der Waals surface area (Å²) in [6.07, 6.45) is 5.50. The molecule has 0 saturated heterocycles. The van der Waals surface area contributed by atoms with Gasteiger partial charge in [0, 0.05) is 19.2 Å². The van der Waals surface area contributed by atoms with Crippen molar-refractivity contribution in [2.45, 2.75) is 51.6 Å². The first kappa shape index (κ1) is 14.9. The van der Waals surface area contributed by atoms with Gasteiger partial charge in [-0.3, -0.25) is 0 Å². The van der Waals surface area contributed by atoms with Crippen molar-refractivity contribution in [3.05, 3.63) is 0 Å². The first-order valence-corrected chi connectivity index (χ1v) is 7.11. The maximum absolute atomic E-state index is 5.20. The molecule has 1 fully saturated rings. The van der Waals surface area contributed by atoms with Gasteiger partial charge < -0.3 is 15.0 Å². The van der Waals surface area contributed by atoms with Crippen molar-refractivity contribution in [1.29, 1.82) is 0 Å². The molecule has 1 saturated carbocycles. The minimum absolute atomic E-state index is 0.527. The van der Waals surface area contributed by atoms with Crippen LogP contribution in [0.2, 0.25) is 0 Å². The monoisotopic (exact) mass is 242 g/mol. The van der Waals surface area contributed by atoms with Gasteiger partial charge in [0.1, 0.15) is 0 Å². The molecule has 3 atom stereocenters. The molecule has 1 aliphatic carbocycles. The lowest BCUT2D eigenvalue weighted by molar-refractivity contribution is 0.111. The van der Waals surface area contributed by atoms with Crippen LogP contribution in [0.5, 0.6) is 0 Å². The number of rotatable bonds is 8. The SMILES string of the molecule is CCNC1CCCC1CCN(C)C(C)COC. The van der Waals surface area contributed by atoms with Crippen LogP contribution >= 0.6 is 0 Å². The van der Waals surface area contributed by atoms with Crippen LogP contribution in [0.3, 0.4) is 0 Å². The highest BCUT2D eigenvalue weighted by atomic mass is 16.5. The highest BCUT2D eigenvalue weighted by Gasteiger charge is 2.26. The van der Waals surface area contributed by atoms with E-state index in [4.69, 9.17) is 4.74 Å². The Bertz CT molecular complexity index is 199. The average molecular weight is 242 g/mol. The Hall–Kier alpha value is -0.120. The Labute approximate surface area is 107 Å². The fourth-order valence-corrected chi connectivity index (χ4v) is 2.87. The molecule has 0 heterocycles. The quantitative estimate of drug-likeness (QED) is 0.705. The van der Waals surface area contributed by atoms with Crippen molar-refractivity contribution in [2.75, 3.05) is 33.9 Å². The number of nitrogens with one attached hydrogen (secondary N) is 1. The molecule has 0 aromatic carbocycles. The van der Waals surface area contributed by atoms with Gasteiger partial charge in [0.2, 0.25) is 0 Å². The van der Waals surface area contributed by atoms with Gasteiger partial charge >= 0.3 is 0 Å². The summed E-state index contributed by atoms with van der Waals surface area (Å²) in [6.45, 7) is 7.58. The molecule has 0 radical (unpaired) electrons. The molecule has 17 heavy (non-hydrogen) atoms. The largest absolute Gasteiger partial charge is 0.383 e. The van der Waals surface area contributed by atoms with Crippen molar-refractivity contribution in [3.8, 4) is 0 Å². The van der Waals surface area contributed by atoms with Crippen LogP contribution in [0.25, 0.3) is 0 Å². The van der Waals surface area contributed by atoms with E-state index < -0.39 is 0 Å². The third-order valence-corrected chi connectivity index (χ3v) is 4.14. The zero-order chi connectivity index (χ0) is 12.7. The van der Waals surface area contributed by atoms with E-state index in [-0.39, 0.29) is 0 Å². The zero-order valence-corrected chi connectivity index (χ0v) is 12.0. The van der Waals surface area contributed by atoms with Crippen molar-refractivity contribution in [2.24, 2.45) is 5.92 Å². The molecular formula is C14H30N2O. The van der Waals surface area contributed by atoms with Crippen LogP contribution in [-0.4, -0.2) is 50.8 Å². The van der Waals surface area contributed by atoms with Crippen molar-refractivity contribution < 1.29 is 4.74 Å². The summed E-state index contributed by atoms with van der Waals surface area (Å²) >= 11 is 0. The summed E-state index contributed by atoms with van der Waals surface area (Å²) in [7, 11) is 3.99. The van der Waals surface area contributed by atoms with Crippen molar-refractivity contribution in [3.63, 3.8) is 0 Å². The molecule has 3 nitrogen and oxygen atoms in total. The lowest BCUT2D eigenvalue weighted by Gasteiger charge is -2.27. The van der Waals surface area contributed by atoms with E-state index in [2.05, 4.69) is 31.1 Å². The van der Waals surface area contributed by atoms with Crippen molar-refractivity contribution >= 4 is 0 Å². The van der Waals surface area contributed by atoms with Crippen LogP contribution < -0.4 is 5.32 Å². The van der Waals surface area contributed by atoms with Gasteiger partial charge in [-0.15, -0.1) is 0 Å². The molecule has 0 amide bonds. The summed E-state index contributed by atoms with van der Waals surface area (Å²) in [5, 5.41) is 3.63. The number of hydrogen-bond donors (Lipinski definition) is 1.